The number of amides is 1. The molecule has 1 amide bonds. The lowest BCUT2D eigenvalue weighted by atomic mass is 9.74. The summed E-state index contributed by atoms with van der Waals surface area (Å²) in [7, 11) is -4.06. The molecule has 0 spiro atoms. The molecular formula is C18H29ClFN3O3S. The minimum atomic E-state index is -4.06. The molecule has 27 heavy (non-hydrogen) atoms. The molecule has 0 aliphatic heterocycles. The topological polar surface area (TPSA) is 101 Å². The van der Waals surface area contributed by atoms with Crippen LogP contribution in [-0.4, -0.2) is 25.4 Å². The highest BCUT2D eigenvalue weighted by molar-refractivity contribution is 7.89. The van der Waals surface area contributed by atoms with Crippen LogP contribution in [0.15, 0.2) is 23.1 Å². The van der Waals surface area contributed by atoms with E-state index in [1.54, 1.807) is 20.8 Å². The molecule has 1 fully saturated rings. The van der Waals surface area contributed by atoms with E-state index in [0.717, 1.165) is 31.4 Å². The van der Waals surface area contributed by atoms with Crippen LogP contribution in [0.3, 0.4) is 0 Å². The van der Waals surface area contributed by atoms with E-state index in [2.05, 4.69) is 10.0 Å². The van der Waals surface area contributed by atoms with Gasteiger partial charge in [0.05, 0.1) is 5.92 Å². The number of anilines is 1. The second-order valence-electron chi connectivity index (χ2n) is 8.29. The Kier molecular flexibility index (Phi) is 7.43. The molecule has 1 aromatic rings. The molecule has 0 aromatic heterocycles. The number of nitrogens with one attached hydrogen (secondary N) is 2. The van der Waals surface area contributed by atoms with E-state index in [0.29, 0.717) is 6.42 Å². The third-order valence-corrected chi connectivity index (χ3v) is 6.27. The Labute approximate surface area is 166 Å². The normalized spacial score (nSPS) is 23.4. The number of rotatable bonds is 4. The predicted molar refractivity (Wildman–Crippen MR) is 107 cm³/mol. The van der Waals surface area contributed by atoms with Crippen LogP contribution in [0, 0.1) is 11.7 Å². The molecule has 0 radical (unpaired) electrons. The summed E-state index contributed by atoms with van der Waals surface area (Å²) in [5, 5.41) is 2.69. The SMILES string of the molecule is CC(C)(C)NS(=O)(=O)c1cc(NC(=O)C2CCCCC2(C)N)ccc1F.Cl. The molecular weight excluding hydrogens is 393 g/mol. The summed E-state index contributed by atoms with van der Waals surface area (Å²) < 4.78 is 41.4. The van der Waals surface area contributed by atoms with Gasteiger partial charge >= 0.3 is 0 Å². The van der Waals surface area contributed by atoms with Crippen molar-refractivity contribution in [1.82, 2.24) is 4.72 Å². The fraction of sp³-hybridized carbons (Fsp3) is 0.611. The number of sulfonamides is 1. The van der Waals surface area contributed by atoms with Gasteiger partial charge in [-0.3, -0.25) is 4.79 Å². The summed E-state index contributed by atoms with van der Waals surface area (Å²) in [6, 6.07) is 3.52. The van der Waals surface area contributed by atoms with E-state index in [4.69, 9.17) is 5.73 Å². The number of benzene rings is 1. The zero-order valence-corrected chi connectivity index (χ0v) is 17.8. The zero-order valence-electron chi connectivity index (χ0n) is 16.1. The minimum Gasteiger partial charge on any atom is -0.326 e. The average molecular weight is 422 g/mol. The van der Waals surface area contributed by atoms with Crippen molar-refractivity contribution in [1.29, 1.82) is 0 Å². The first-order chi connectivity index (χ1) is 11.8. The maximum atomic E-state index is 14.1. The second kappa shape index (κ2) is 8.43. The van der Waals surface area contributed by atoms with E-state index in [-0.39, 0.29) is 29.9 Å². The molecule has 2 atom stereocenters. The van der Waals surface area contributed by atoms with Gasteiger partial charge in [0.1, 0.15) is 10.7 Å². The Bertz CT molecular complexity index is 792. The van der Waals surface area contributed by atoms with E-state index >= 15 is 0 Å². The van der Waals surface area contributed by atoms with E-state index in [1.165, 1.54) is 6.07 Å². The number of nitrogens with two attached hydrogens (primary N) is 1. The Hall–Kier alpha value is -1.22. The summed E-state index contributed by atoms with van der Waals surface area (Å²) in [6.07, 6.45) is 3.33. The van der Waals surface area contributed by atoms with Crippen molar-refractivity contribution in [3.05, 3.63) is 24.0 Å². The maximum absolute atomic E-state index is 14.1. The third kappa shape index (κ3) is 6.14. The lowest BCUT2D eigenvalue weighted by Crippen LogP contribution is -2.51. The van der Waals surface area contributed by atoms with Crippen molar-refractivity contribution in [2.24, 2.45) is 11.7 Å². The van der Waals surface area contributed by atoms with Gasteiger partial charge in [0.25, 0.3) is 0 Å². The van der Waals surface area contributed by atoms with E-state index in [9.17, 15) is 17.6 Å². The smallest absolute Gasteiger partial charge is 0.244 e. The van der Waals surface area contributed by atoms with Gasteiger partial charge in [-0.25, -0.2) is 17.5 Å². The number of carbonyl (C=O) groups excluding carboxylic acids is 1. The molecule has 1 aromatic carbocycles. The van der Waals surface area contributed by atoms with Crippen molar-refractivity contribution in [3.8, 4) is 0 Å². The van der Waals surface area contributed by atoms with Crippen molar-refractivity contribution in [2.45, 2.75) is 69.4 Å². The van der Waals surface area contributed by atoms with Crippen LogP contribution in [0.4, 0.5) is 10.1 Å². The first-order valence-corrected chi connectivity index (χ1v) is 10.2. The summed E-state index contributed by atoms with van der Waals surface area (Å²) >= 11 is 0. The third-order valence-electron chi connectivity index (χ3n) is 4.50. The minimum absolute atomic E-state index is 0. The van der Waals surface area contributed by atoms with Crippen LogP contribution in [0.1, 0.15) is 53.4 Å². The standard InChI is InChI=1S/C18H28FN3O3S.ClH/c1-17(2,3)22-26(24,25)15-11-12(8-9-14(15)19)21-16(23)13-7-5-6-10-18(13,4)20;/h8-9,11,13,22H,5-7,10,20H2,1-4H3,(H,21,23);1H. The number of carbonyl (C=O) groups is 1. The molecule has 4 N–H and O–H groups in total. The van der Waals surface area contributed by atoms with Gasteiger partial charge < -0.3 is 11.1 Å². The van der Waals surface area contributed by atoms with Crippen LogP contribution >= 0.6 is 12.4 Å². The first kappa shape index (κ1) is 23.8. The summed E-state index contributed by atoms with van der Waals surface area (Å²) in [5.74, 6) is -1.51. The highest BCUT2D eigenvalue weighted by atomic mass is 35.5. The molecule has 2 unspecified atom stereocenters. The number of halogens is 2. The molecule has 1 aliphatic rings. The summed E-state index contributed by atoms with van der Waals surface area (Å²) in [6.45, 7) is 6.85. The Balaban J connectivity index is 0.00000364. The van der Waals surface area contributed by atoms with Crippen molar-refractivity contribution in [3.63, 3.8) is 0 Å². The quantitative estimate of drug-likeness (QED) is 0.694. The molecule has 0 heterocycles. The summed E-state index contributed by atoms with van der Waals surface area (Å²) in [4.78, 5) is 12.1. The maximum Gasteiger partial charge on any atom is 0.244 e. The van der Waals surface area contributed by atoms with Gasteiger partial charge in [-0.05, 0) is 58.7 Å². The van der Waals surface area contributed by atoms with Gasteiger partial charge in [-0.2, -0.15) is 0 Å². The van der Waals surface area contributed by atoms with Gasteiger partial charge in [0.2, 0.25) is 15.9 Å². The summed E-state index contributed by atoms with van der Waals surface area (Å²) in [5.41, 5.74) is 5.11. The average Bonchev–Trinajstić information content (AvgIpc) is 2.46. The lowest BCUT2D eigenvalue weighted by molar-refractivity contribution is -0.122. The highest BCUT2D eigenvalue weighted by Gasteiger charge is 2.38. The zero-order chi connectivity index (χ0) is 19.8. The van der Waals surface area contributed by atoms with Gasteiger partial charge in [0.15, 0.2) is 0 Å². The first-order valence-electron chi connectivity index (χ1n) is 8.75. The molecule has 1 aliphatic carbocycles. The van der Waals surface area contributed by atoms with Crippen molar-refractivity contribution < 1.29 is 17.6 Å². The van der Waals surface area contributed by atoms with Gasteiger partial charge in [-0.1, -0.05) is 12.8 Å². The van der Waals surface area contributed by atoms with Gasteiger partial charge in [-0.15, -0.1) is 12.4 Å². The van der Waals surface area contributed by atoms with Crippen LogP contribution in [0.25, 0.3) is 0 Å². The molecule has 1 saturated carbocycles. The number of hydrogen-bond acceptors (Lipinski definition) is 4. The largest absolute Gasteiger partial charge is 0.326 e. The van der Waals surface area contributed by atoms with Crippen molar-refractivity contribution in [2.75, 3.05) is 5.32 Å². The van der Waals surface area contributed by atoms with Gasteiger partial charge in [0, 0.05) is 16.8 Å². The molecule has 9 heteroatoms. The fourth-order valence-electron chi connectivity index (χ4n) is 3.26. The van der Waals surface area contributed by atoms with E-state index < -0.39 is 31.8 Å². The Morgan fingerprint density at radius 1 is 1.30 bits per heavy atom. The van der Waals surface area contributed by atoms with Crippen LogP contribution < -0.4 is 15.8 Å². The lowest BCUT2D eigenvalue weighted by Gasteiger charge is -2.37. The molecule has 154 valence electrons. The fourth-order valence-corrected chi connectivity index (χ4v) is 4.79. The van der Waals surface area contributed by atoms with Crippen molar-refractivity contribution >= 4 is 34.0 Å². The Morgan fingerprint density at radius 2 is 1.93 bits per heavy atom. The highest BCUT2D eigenvalue weighted by Crippen LogP contribution is 2.32. The molecule has 6 nitrogen and oxygen atoms in total. The predicted octanol–water partition coefficient (Wildman–Crippen LogP) is 3.17. The van der Waals surface area contributed by atoms with Crippen LogP contribution in [-0.2, 0) is 14.8 Å². The monoisotopic (exact) mass is 421 g/mol. The molecule has 0 bridgehead atoms. The van der Waals surface area contributed by atoms with Crippen LogP contribution in [0.5, 0.6) is 0 Å². The second-order valence-corrected chi connectivity index (χ2v) is 9.94. The Morgan fingerprint density at radius 3 is 2.48 bits per heavy atom. The van der Waals surface area contributed by atoms with Crippen LogP contribution in [0.2, 0.25) is 0 Å². The number of hydrogen-bond donors (Lipinski definition) is 3. The molecule has 0 saturated heterocycles. The van der Waals surface area contributed by atoms with E-state index in [1.807, 2.05) is 6.92 Å². The molecule has 2 rings (SSSR count).